The maximum Gasteiger partial charge on any atom is 0.333 e. The lowest BCUT2D eigenvalue weighted by Gasteiger charge is -2.12. The standard InChI is InChI=1S/C19H22O5/c1-14(2)19(20)24-13-11-22-10-12-23-18-9-8-17(21-3)15-6-4-5-7-16(15)18/h4-9H,1,10-13H2,2-3H3. The largest absolute Gasteiger partial charge is 0.496 e. The van der Waals surface area contributed by atoms with Crippen LogP contribution in [0, 0.1) is 0 Å². The number of rotatable bonds is 9. The highest BCUT2D eigenvalue weighted by Gasteiger charge is 2.07. The van der Waals surface area contributed by atoms with Gasteiger partial charge in [-0.15, -0.1) is 0 Å². The van der Waals surface area contributed by atoms with Crippen LogP contribution in [-0.4, -0.2) is 39.5 Å². The van der Waals surface area contributed by atoms with Gasteiger partial charge in [0, 0.05) is 16.3 Å². The first-order chi connectivity index (χ1) is 11.6. The van der Waals surface area contributed by atoms with Crippen molar-refractivity contribution in [1.29, 1.82) is 0 Å². The summed E-state index contributed by atoms with van der Waals surface area (Å²) in [5.74, 6) is 1.19. The average Bonchev–Trinajstić information content (AvgIpc) is 2.60. The molecule has 0 heterocycles. The first kappa shape index (κ1) is 17.8. The third kappa shape index (κ3) is 4.73. The lowest BCUT2D eigenvalue weighted by atomic mass is 10.1. The van der Waals surface area contributed by atoms with E-state index in [0.29, 0.717) is 25.4 Å². The highest BCUT2D eigenvalue weighted by Crippen LogP contribution is 2.32. The van der Waals surface area contributed by atoms with Crippen LogP contribution in [0.15, 0.2) is 48.6 Å². The van der Waals surface area contributed by atoms with E-state index in [-0.39, 0.29) is 6.61 Å². The van der Waals surface area contributed by atoms with E-state index in [2.05, 4.69) is 6.58 Å². The van der Waals surface area contributed by atoms with Gasteiger partial charge in [-0.25, -0.2) is 4.79 Å². The van der Waals surface area contributed by atoms with Crippen LogP contribution in [0.2, 0.25) is 0 Å². The Morgan fingerprint density at radius 2 is 1.58 bits per heavy atom. The van der Waals surface area contributed by atoms with E-state index in [0.717, 1.165) is 22.3 Å². The molecule has 128 valence electrons. The maximum absolute atomic E-state index is 11.2. The zero-order valence-corrected chi connectivity index (χ0v) is 14.0. The Balaban J connectivity index is 1.78. The van der Waals surface area contributed by atoms with Crippen LogP contribution in [0.4, 0.5) is 0 Å². The first-order valence-electron chi connectivity index (χ1n) is 7.72. The fourth-order valence-corrected chi connectivity index (χ4v) is 2.18. The fraction of sp³-hybridized carbons (Fsp3) is 0.316. The molecule has 0 fully saturated rings. The molecule has 0 radical (unpaired) electrons. The molecule has 0 saturated heterocycles. The molecule has 0 bridgehead atoms. The minimum Gasteiger partial charge on any atom is -0.496 e. The highest BCUT2D eigenvalue weighted by molar-refractivity contribution is 5.93. The van der Waals surface area contributed by atoms with Gasteiger partial charge in [0.25, 0.3) is 0 Å². The monoisotopic (exact) mass is 330 g/mol. The van der Waals surface area contributed by atoms with Crippen molar-refractivity contribution >= 4 is 16.7 Å². The third-order valence-electron chi connectivity index (χ3n) is 3.36. The zero-order chi connectivity index (χ0) is 17.4. The summed E-state index contributed by atoms with van der Waals surface area (Å²) in [5.41, 5.74) is 0.379. The lowest BCUT2D eigenvalue weighted by Crippen LogP contribution is -2.13. The Hall–Kier alpha value is -2.53. The van der Waals surface area contributed by atoms with Crippen LogP contribution in [0.1, 0.15) is 6.92 Å². The fourth-order valence-electron chi connectivity index (χ4n) is 2.18. The molecule has 0 spiro atoms. The number of hydrogen-bond donors (Lipinski definition) is 0. The van der Waals surface area contributed by atoms with Crippen LogP contribution in [0.25, 0.3) is 10.8 Å². The molecule has 0 aliphatic rings. The number of benzene rings is 2. The highest BCUT2D eigenvalue weighted by atomic mass is 16.6. The second-order valence-corrected chi connectivity index (χ2v) is 5.19. The Kier molecular flexibility index (Phi) is 6.63. The molecule has 24 heavy (non-hydrogen) atoms. The van der Waals surface area contributed by atoms with Gasteiger partial charge in [0.1, 0.15) is 24.7 Å². The molecule has 0 unspecified atom stereocenters. The van der Waals surface area contributed by atoms with Gasteiger partial charge < -0.3 is 18.9 Å². The number of methoxy groups -OCH3 is 1. The second-order valence-electron chi connectivity index (χ2n) is 5.19. The van der Waals surface area contributed by atoms with Crippen molar-refractivity contribution in [2.75, 3.05) is 33.5 Å². The normalized spacial score (nSPS) is 10.4. The number of carbonyl (C=O) groups excluding carboxylic acids is 1. The van der Waals surface area contributed by atoms with Gasteiger partial charge in [0.05, 0.1) is 20.3 Å². The lowest BCUT2D eigenvalue weighted by molar-refractivity contribution is -0.140. The van der Waals surface area contributed by atoms with Crippen LogP contribution >= 0.6 is 0 Å². The predicted octanol–water partition coefficient (Wildman–Crippen LogP) is 3.36. The van der Waals surface area contributed by atoms with E-state index in [4.69, 9.17) is 18.9 Å². The van der Waals surface area contributed by atoms with Gasteiger partial charge >= 0.3 is 5.97 Å². The summed E-state index contributed by atoms with van der Waals surface area (Å²) in [6, 6.07) is 11.7. The minimum absolute atomic E-state index is 0.206. The summed E-state index contributed by atoms with van der Waals surface area (Å²) in [5, 5.41) is 2.00. The summed E-state index contributed by atoms with van der Waals surface area (Å²) in [4.78, 5) is 11.2. The van der Waals surface area contributed by atoms with E-state index in [1.54, 1.807) is 14.0 Å². The molecule has 2 aromatic carbocycles. The van der Waals surface area contributed by atoms with Gasteiger partial charge in [0.15, 0.2) is 0 Å². The van der Waals surface area contributed by atoms with Crippen molar-refractivity contribution < 1.29 is 23.7 Å². The third-order valence-corrected chi connectivity index (χ3v) is 3.36. The topological polar surface area (TPSA) is 54.0 Å². The average molecular weight is 330 g/mol. The van der Waals surface area contributed by atoms with Crippen molar-refractivity contribution in [2.24, 2.45) is 0 Å². The molecule has 2 rings (SSSR count). The molecule has 0 aliphatic carbocycles. The number of hydrogen-bond acceptors (Lipinski definition) is 5. The summed E-state index contributed by atoms with van der Waals surface area (Å²) in [6.07, 6.45) is 0. The van der Waals surface area contributed by atoms with Crippen molar-refractivity contribution in [3.63, 3.8) is 0 Å². The Bertz CT molecular complexity index is 708. The zero-order valence-electron chi connectivity index (χ0n) is 14.0. The molecule has 5 heteroatoms. The van der Waals surface area contributed by atoms with Gasteiger partial charge in [-0.05, 0) is 19.1 Å². The van der Waals surface area contributed by atoms with E-state index >= 15 is 0 Å². The minimum atomic E-state index is -0.403. The molecule has 0 atom stereocenters. The first-order valence-corrected chi connectivity index (χ1v) is 7.72. The van der Waals surface area contributed by atoms with E-state index < -0.39 is 5.97 Å². The van der Waals surface area contributed by atoms with Crippen LogP contribution in [0.3, 0.4) is 0 Å². The second kappa shape index (κ2) is 8.93. The molecule has 5 nitrogen and oxygen atoms in total. The molecular weight excluding hydrogens is 308 g/mol. The summed E-state index contributed by atoms with van der Waals surface area (Å²) in [7, 11) is 1.65. The van der Waals surface area contributed by atoms with Crippen molar-refractivity contribution in [3.8, 4) is 11.5 Å². The molecule has 0 aliphatic heterocycles. The Labute approximate surface area is 141 Å². The predicted molar refractivity (Wildman–Crippen MR) is 92.6 cm³/mol. The van der Waals surface area contributed by atoms with E-state index in [1.165, 1.54) is 0 Å². The molecule has 0 amide bonds. The summed E-state index contributed by atoms with van der Waals surface area (Å²) >= 11 is 0. The van der Waals surface area contributed by atoms with Crippen LogP contribution < -0.4 is 9.47 Å². The quantitative estimate of drug-likeness (QED) is 0.401. The molecular formula is C19H22O5. The number of carbonyl (C=O) groups is 1. The summed E-state index contributed by atoms with van der Waals surface area (Å²) < 4.78 is 21.5. The SMILES string of the molecule is C=C(C)C(=O)OCCOCCOc1ccc(OC)c2ccccc12. The molecule has 2 aromatic rings. The van der Waals surface area contributed by atoms with Gasteiger partial charge in [-0.1, -0.05) is 30.8 Å². The van der Waals surface area contributed by atoms with E-state index in [1.807, 2.05) is 36.4 Å². The summed E-state index contributed by atoms with van der Waals surface area (Å²) in [6.45, 7) is 6.46. The van der Waals surface area contributed by atoms with E-state index in [9.17, 15) is 4.79 Å². The van der Waals surface area contributed by atoms with Crippen molar-refractivity contribution in [2.45, 2.75) is 6.92 Å². The van der Waals surface area contributed by atoms with Gasteiger partial charge in [-0.3, -0.25) is 0 Å². The number of ether oxygens (including phenoxy) is 4. The molecule has 0 saturated carbocycles. The number of esters is 1. The van der Waals surface area contributed by atoms with Crippen LogP contribution in [0.5, 0.6) is 11.5 Å². The number of fused-ring (bicyclic) bond motifs is 1. The maximum atomic E-state index is 11.2. The Morgan fingerprint density at radius 1 is 0.958 bits per heavy atom. The van der Waals surface area contributed by atoms with Gasteiger partial charge in [0.2, 0.25) is 0 Å². The molecule has 0 aromatic heterocycles. The van der Waals surface area contributed by atoms with Crippen molar-refractivity contribution in [1.82, 2.24) is 0 Å². The van der Waals surface area contributed by atoms with Gasteiger partial charge in [-0.2, -0.15) is 0 Å². The Morgan fingerprint density at radius 3 is 2.25 bits per heavy atom. The molecule has 0 N–H and O–H groups in total. The van der Waals surface area contributed by atoms with Crippen LogP contribution in [-0.2, 0) is 14.3 Å². The van der Waals surface area contributed by atoms with Crippen molar-refractivity contribution in [3.05, 3.63) is 48.6 Å². The smallest absolute Gasteiger partial charge is 0.333 e.